The normalized spacial score (nSPS) is 12.4. The molecule has 0 saturated heterocycles. The van der Waals surface area contributed by atoms with E-state index in [0.717, 1.165) is 46.7 Å². The first-order valence-corrected chi connectivity index (χ1v) is 17.8. The van der Waals surface area contributed by atoms with E-state index in [1.165, 1.54) is 125 Å². The number of fused-ring (bicyclic) bond motifs is 8. The standard InChI is InChI=1S/C40H54N4/c1-3-5-7-9-11-13-15-17-19-35-37-25-21-31(41-37)29-33-23-27-39(43-33)36(20-18-16-14-12-10-8-6-4-2)40-28-24-34(44-40)30-32-22-26-38(35)42-32/h21-30,41-42H,3-20H2,1-2H3. The van der Waals surface area contributed by atoms with Crippen LogP contribution in [-0.2, 0) is 12.8 Å². The summed E-state index contributed by atoms with van der Waals surface area (Å²) in [5.74, 6) is 0. The van der Waals surface area contributed by atoms with E-state index in [2.05, 4.69) is 84.5 Å². The summed E-state index contributed by atoms with van der Waals surface area (Å²) in [7, 11) is 0. The highest BCUT2D eigenvalue weighted by Gasteiger charge is 2.12. The van der Waals surface area contributed by atoms with E-state index in [1.807, 2.05) is 0 Å². The third-order valence-electron chi connectivity index (χ3n) is 9.18. The van der Waals surface area contributed by atoms with Gasteiger partial charge in [0.2, 0.25) is 0 Å². The molecule has 0 atom stereocenters. The summed E-state index contributed by atoms with van der Waals surface area (Å²) in [5.41, 5.74) is 11.3. The van der Waals surface area contributed by atoms with Crippen LogP contribution in [-0.4, -0.2) is 19.9 Å². The van der Waals surface area contributed by atoms with Crippen LogP contribution in [0, 0.1) is 0 Å². The van der Waals surface area contributed by atoms with Gasteiger partial charge < -0.3 is 9.97 Å². The molecule has 3 aromatic heterocycles. The summed E-state index contributed by atoms with van der Waals surface area (Å²) in [6.07, 6.45) is 31.9. The van der Waals surface area contributed by atoms with Crippen molar-refractivity contribution in [1.29, 1.82) is 0 Å². The van der Waals surface area contributed by atoms with Crippen molar-refractivity contribution in [2.75, 3.05) is 0 Å². The number of aromatic nitrogens is 4. The van der Waals surface area contributed by atoms with Gasteiger partial charge in [0.25, 0.3) is 0 Å². The van der Waals surface area contributed by atoms with Crippen molar-refractivity contribution in [3.05, 3.63) is 70.3 Å². The topological polar surface area (TPSA) is 57.4 Å². The molecule has 3 aromatic rings. The molecule has 0 aliphatic carbocycles. The van der Waals surface area contributed by atoms with Crippen LogP contribution in [0.3, 0.4) is 0 Å². The molecular formula is C40H54N4. The number of aryl methyl sites for hydroxylation is 1. The lowest BCUT2D eigenvalue weighted by Gasteiger charge is -2.05. The van der Waals surface area contributed by atoms with Crippen molar-refractivity contribution in [3.8, 4) is 0 Å². The molecule has 2 aliphatic rings. The van der Waals surface area contributed by atoms with Gasteiger partial charge in [-0.15, -0.1) is 0 Å². The third kappa shape index (κ3) is 9.30. The van der Waals surface area contributed by atoms with Gasteiger partial charge in [-0.3, -0.25) is 0 Å². The number of unbranched alkanes of at least 4 members (excludes halogenated alkanes) is 14. The maximum Gasteiger partial charge on any atom is 0.0691 e. The predicted molar refractivity (Wildman–Crippen MR) is 191 cm³/mol. The Labute approximate surface area is 265 Å². The van der Waals surface area contributed by atoms with Gasteiger partial charge in [0, 0.05) is 27.6 Å². The number of nitrogens with one attached hydrogen (secondary N) is 2. The molecule has 4 nitrogen and oxygen atoms in total. The first kappa shape index (κ1) is 32.0. The zero-order valence-corrected chi connectivity index (χ0v) is 27.4. The molecule has 0 aromatic carbocycles. The molecular weight excluding hydrogens is 536 g/mol. The molecule has 5 heterocycles. The van der Waals surface area contributed by atoms with Crippen LogP contribution in [0.2, 0.25) is 0 Å². The Morgan fingerprint density at radius 2 is 0.864 bits per heavy atom. The van der Waals surface area contributed by atoms with Gasteiger partial charge in [-0.2, -0.15) is 0 Å². The van der Waals surface area contributed by atoms with E-state index in [1.54, 1.807) is 0 Å². The lowest BCUT2D eigenvalue weighted by Crippen LogP contribution is -1.95. The van der Waals surface area contributed by atoms with Crippen LogP contribution in [0.1, 0.15) is 150 Å². The molecule has 8 bridgehead atoms. The summed E-state index contributed by atoms with van der Waals surface area (Å²) in [4.78, 5) is 17.6. The van der Waals surface area contributed by atoms with E-state index < -0.39 is 0 Å². The van der Waals surface area contributed by atoms with Crippen molar-refractivity contribution in [2.24, 2.45) is 0 Å². The number of hydrogen-bond acceptors (Lipinski definition) is 2. The van der Waals surface area contributed by atoms with Gasteiger partial charge in [-0.05, 0) is 91.9 Å². The molecule has 4 heteroatoms. The number of rotatable bonds is 18. The number of hydrogen-bond donors (Lipinski definition) is 2. The molecule has 2 aliphatic heterocycles. The molecule has 2 N–H and O–H groups in total. The van der Waals surface area contributed by atoms with Crippen molar-refractivity contribution in [2.45, 2.75) is 129 Å². The van der Waals surface area contributed by atoms with E-state index >= 15 is 0 Å². The molecule has 0 fully saturated rings. The fraction of sp³-hybridized carbons (Fsp3) is 0.500. The Bertz CT molecular complexity index is 1460. The van der Waals surface area contributed by atoms with E-state index in [4.69, 9.17) is 9.97 Å². The second kappa shape index (κ2) is 17.2. The van der Waals surface area contributed by atoms with Crippen LogP contribution < -0.4 is 0 Å². The fourth-order valence-electron chi connectivity index (χ4n) is 6.59. The zero-order valence-electron chi connectivity index (χ0n) is 27.4. The van der Waals surface area contributed by atoms with Crippen LogP contribution in [0.5, 0.6) is 0 Å². The number of nitrogens with zero attached hydrogens (tertiary/aromatic N) is 2. The lowest BCUT2D eigenvalue weighted by atomic mass is 10.0. The second-order valence-corrected chi connectivity index (χ2v) is 12.9. The number of H-pyrrole nitrogens is 2. The minimum Gasteiger partial charge on any atom is -0.355 e. The van der Waals surface area contributed by atoms with Gasteiger partial charge in [-0.1, -0.05) is 104 Å². The smallest absolute Gasteiger partial charge is 0.0691 e. The van der Waals surface area contributed by atoms with Crippen LogP contribution in [0.4, 0.5) is 0 Å². The van der Waals surface area contributed by atoms with Crippen LogP contribution in [0.25, 0.3) is 46.4 Å². The highest BCUT2D eigenvalue weighted by molar-refractivity contribution is 5.80. The van der Waals surface area contributed by atoms with Crippen molar-refractivity contribution < 1.29 is 0 Å². The highest BCUT2D eigenvalue weighted by atomic mass is 14.8. The molecule has 0 unspecified atom stereocenters. The largest absolute Gasteiger partial charge is 0.355 e. The summed E-state index contributed by atoms with van der Waals surface area (Å²) < 4.78 is 0. The second-order valence-electron chi connectivity index (χ2n) is 12.9. The Morgan fingerprint density at radius 3 is 1.32 bits per heavy atom. The monoisotopic (exact) mass is 590 g/mol. The minimum atomic E-state index is 0.999. The van der Waals surface area contributed by atoms with Crippen molar-refractivity contribution >= 4 is 46.4 Å². The maximum absolute atomic E-state index is 5.09. The Balaban J connectivity index is 1.40. The fourth-order valence-corrected chi connectivity index (χ4v) is 6.59. The van der Waals surface area contributed by atoms with Gasteiger partial charge >= 0.3 is 0 Å². The van der Waals surface area contributed by atoms with Crippen LogP contribution >= 0.6 is 0 Å². The summed E-state index contributed by atoms with van der Waals surface area (Å²) in [6, 6.07) is 13.2. The summed E-state index contributed by atoms with van der Waals surface area (Å²) in [5, 5.41) is 0. The molecule has 5 rings (SSSR count). The van der Waals surface area contributed by atoms with E-state index in [0.29, 0.717) is 0 Å². The van der Waals surface area contributed by atoms with Crippen LogP contribution in [0.15, 0.2) is 36.4 Å². The predicted octanol–water partition coefficient (Wildman–Crippen LogP) is 12.0. The Hall–Kier alpha value is -3.40. The van der Waals surface area contributed by atoms with E-state index in [9.17, 15) is 0 Å². The van der Waals surface area contributed by atoms with Gasteiger partial charge in [0.15, 0.2) is 0 Å². The van der Waals surface area contributed by atoms with Gasteiger partial charge in [0.05, 0.1) is 22.8 Å². The first-order chi connectivity index (χ1) is 21.7. The third-order valence-corrected chi connectivity index (χ3v) is 9.18. The molecule has 234 valence electrons. The zero-order chi connectivity index (χ0) is 30.4. The SMILES string of the molecule is CCCCCCCCCCc1c2nc(cc3ccc([nH]3)c(CCCCCCCCCC)c3ccc(cc4nc1C=C4)[nH]3)C=C2. The molecule has 0 radical (unpaired) electrons. The highest BCUT2D eigenvalue weighted by Crippen LogP contribution is 2.25. The summed E-state index contributed by atoms with van der Waals surface area (Å²) in [6.45, 7) is 4.57. The van der Waals surface area contributed by atoms with Crippen molar-refractivity contribution in [1.82, 2.24) is 19.9 Å². The average Bonchev–Trinajstić information content (AvgIpc) is 3.85. The van der Waals surface area contributed by atoms with Crippen molar-refractivity contribution in [3.63, 3.8) is 0 Å². The quantitative estimate of drug-likeness (QED) is 0.0997. The van der Waals surface area contributed by atoms with Gasteiger partial charge in [0.1, 0.15) is 0 Å². The van der Waals surface area contributed by atoms with E-state index in [-0.39, 0.29) is 0 Å². The molecule has 44 heavy (non-hydrogen) atoms. The Kier molecular flexibility index (Phi) is 12.5. The lowest BCUT2D eigenvalue weighted by molar-refractivity contribution is 0.575. The molecule has 0 amide bonds. The molecule has 0 spiro atoms. The first-order valence-electron chi connectivity index (χ1n) is 17.8. The maximum atomic E-state index is 5.09. The number of aromatic amines is 2. The summed E-state index contributed by atoms with van der Waals surface area (Å²) >= 11 is 0. The minimum absolute atomic E-state index is 0.999. The molecule has 0 saturated carbocycles. The van der Waals surface area contributed by atoms with Gasteiger partial charge in [-0.25, -0.2) is 9.97 Å². The Morgan fingerprint density at radius 1 is 0.455 bits per heavy atom. The average molecular weight is 591 g/mol.